The molecule has 0 aliphatic carbocycles. The average molecular weight is 627 g/mol. The van der Waals surface area contributed by atoms with E-state index in [0.717, 1.165) is 17.6 Å². The van der Waals surface area contributed by atoms with E-state index in [9.17, 15) is 13.6 Å². The molecule has 1 unspecified atom stereocenters. The second-order valence-corrected chi connectivity index (χ2v) is 11.8. The minimum absolute atomic E-state index is 0.109. The van der Waals surface area contributed by atoms with E-state index in [1.54, 1.807) is 30.3 Å². The molecule has 1 aliphatic rings. The monoisotopic (exact) mass is 626 g/mol. The van der Waals surface area contributed by atoms with Crippen molar-refractivity contribution in [1.82, 2.24) is 14.5 Å². The summed E-state index contributed by atoms with van der Waals surface area (Å²) < 4.78 is 62.7. The number of aromatic nitrogens is 3. The van der Waals surface area contributed by atoms with Crippen LogP contribution in [0.3, 0.4) is 0 Å². The largest absolute Gasteiger partial charge is 0.471 e. The van der Waals surface area contributed by atoms with Gasteiger partial charge in [-0.05, 0) is 54.1 Å². The van der Waals surface area contributed by atoms with Crippen molar-refractivity contribution in [1.29, 1.82) is 5.26 Å². The number of carbonyl (C=O) groups is 1. The Bertz CT molecular complexity index is 2020. The fourth-order valence-corrected chi connectivity index (χ4v) is 5.63. The van der Waals surface area contributed by atoms with Crippen LogP contribution in [0.15, 0.2) is 66.7 Å². The maximum Gasteiger partial charge on any atom is 0.337 e. The predicted octanol–water partition coefficient (Wildman–Crippen LogP) is 6.94. The lowest BCUT2D eigenvalue weighted by Crippen LogP contribution is -2.27. The lowest BCUT2D eigenvalue weighted by Gasteiger charge is -2.28. The number of benzene rings is 3. The molecule has 1 aliphatic heterocycles. The summed E-state index contributed by atoms with van der Waals surface area (Å²) in [7, 11) is 1.32. The minimum Gasteiger partial charge on any atom is -0.471 e. The van der Waals surface area contributed by atoms with Crippen molar-refractivity contribution >= 4 is 17.0 Å². The number of halogens is 3. The Hall–Kier alpha value is -5.21. The lowest BCUT2D eigenvalue weighted by atomic mass is 9.87. The average Bonchev–Trinajstić information content (AvgIpc) is 3.58. The zero-order chi connectivity index (χ0) is 32.6. The number of methoxy groups -OCH3 is 1. The van der Waals surface area contributed by atoms with Crippen LogP contribution in [0.5, 0.6) is 5.88 Å². The first-order valence-corrected chi connectivity index (χ1v) is 14.5. The SMILES string of the molecule is COC(=O)c1ccc2nc(Cc3ccc(-c4ccc(F)c(OCc5ccc(C#N)cc5F)n4)cc3F)n(C3COCC3(C)C)c2c1. The summed E-state index contributed by atoms with van der Waals surface area (Å²) in [6.07, 6.45) is 0.155. The molecule has 0 radical (unpaired) electrons. The van der Waals surface area contributed by atoms with Crippen molar-refractivity contribution in [2.24, 2.45) is 5.41 Å². The van der Waals surface area contributed by atoms with Crippen molar-refractivity contribution in [3.63, 3.8) is 0 Å². The molecular weight excluding hydrogens is 597 g/mol. The molecule has 2 aromatic heterocycles. The van der Waals surface area contributed by atoms with Gasteiger partial charge in [0, 0.05) is 23.0 Å². The van der Waals surface area contributed by atoms with Crippen LogP contribution >= 0.6 is 0 Å². The van der Waals surface area contributed by atoms with Gasteiger partial charge in [0.2, 0.25) is 0 Å². The van der Waals surface area contributed by atoms with E-state index in [1.807, 2.05) is 10.6 Å². The Morgan fingerprint density at radius 2 is 1.78 bits per heavy atom. The third kappa shape index (κ3) is 5.91. The molecule has 3 heterocycles. The summed E-state index contributed by atoms with van der Waals surface area (Å²) in [5.41, 5.74) is 2.82. The van der Waals surface area contributed by atoms with Crippen molar-refractivity contribution in [2.45, 2.75) is 32.9 Å². The molecule has 46 heavy (non-hydrogen) atoms. The fourth-order valence-electron chi connectivity index (χ4n) is 5.63. The summed E-state index contributed by atoms with van der Waals surface area (Å²) in [4.78, 5) is 21.3. The van der Waals surface area contributed by atoms with Gasteiger partial charge < -0.3 is 18.8 Å². The van der Waals surface area contributed by atoms with Crippen LogP contribution in [0, 0.1) is 34.2 Å². The van der Waals surface area contributed by atoms with Gasteiger partial charge in [-0.3, -0.25) is 0 Å². The molecule has 234 valence electrons. The molecular formula is C35H29F3N4O4. The number of hydrogen-bond acceptors (Lipinski definition) is 7. The van der Waals surface area contributed by atoms with Crippen molar-refractivity contribution in [3.8, 4) is 23.2 Å². The summed E-state index contributed by atoms with van der Waals surface area (Å²) in [6, 6.07) is 17.9. The van der Waals surface area contributed by atoms with Crippen LogP contribution in [0.4, 0.5) is 13.2 Å². The molecule has 8 nitrogen and oxygen atoms in total. The molecule has 0 N–H and O–H groups in total. The number of nitrogens with zero attached hydrogens (tertiary/aromatic N) is 4. The number of nitriles is 1. The Morgan fingerprint density at radius 3 is 2.48 bits per heavy atom. The fraction of sp³-hybridized carbons (Fsp3) is 0.257. The zero-order valence-corrected chi connectivity index (χ0v) is 25.3. The Balaban J connectivity index is 1.29. The third-order valence-corrected chi connectivity index (χ3v) is 8.20. The molecule has 0 bridgehead atoms. The van der Waals surface area contributed by atoms with Gasteiger partial charge in [0.25, 0.3) is 5.88 Å². The van der Waals surface area contributed by atoms with Crippen LogP contribution in [0.2, 0.25) is 0 Å². The van der Waals surface area contributed by atoms with Gasteiger partial charge in [-0.2, -0.15) is 5.26 Å². The number of carbonyl (C=O) groups excluding carboxylic acids is 1. The summed E-state index contributed by atoms with van der Waals surface area (Å²) in [5.74, 6) is -2.16. The molecule has 1 atom stereocenters. The van der Waals surface area contributed by atoms with Gasteiger partial charge >= 0.3 is 5.97 Å². The molecule has 0 amide bonds. The third-order valence-electron chi connectivity index (χ3n) is 8.20. The van der Waals surface area contributed by atoms with E-state index in [4.69, 9.17) is 24.5 Å². The normalized spacial score (nSPS) is 15.5. The van der Waals surface area contributed by atoms with Gasteiger partial charge in [-0.1, -0.05) is 32.0 Å². The number of esters is 1. The Morgan fingerprint density at radius 1 is 1.00 bits per heavy atom. The van der Waals surface area contributed by atoms with Gasteiger partial charge in [0.15, 0.2) is 5.82 Å². The number of ether oxygens (including phenoxy) is 3. The second-order valence-electron chi connectivity index (χ2n) is 11.8. The number of fused-ring (bicyclic) bond motifs is 1. The molecule has 6 rings (SSSR count). The first-order chi connectivity index (χ1) is 22.1. The summed E-state index contributed by atoms with van der Waals surface area (Å²) >= 11 is 0. The molecule has 1 saturated heterocycles. The highest BCUT2D eigenvalue weighted by molar-refractivity contribution is 5.93. The van der Waals surface area contributed by atoms with Crippen molar-refractivity contribution < 1.29 is 32.2 Å². The number of rotatable bonds is 8. The van der Waals surface area contributed by atoms with Crippen LogP contribution in [-0.2, 0) is 22.5 Å². The van der Waals surface area contributed by atoms with E-state index in [2.05, 4.69) is 18.8 Å². The van der Waals surface area contributed by atoms with E-state index in [-0.39, 0.29) is 47.2 Å². The standard InChI is InChI=1S/C35H29F3N4O4/c1-35(2)19-45-18-31(35)42-30-14-23(34(43)44-3)8-10-29(30)40-32(42)15-21-6-7-22(13-27(21)38)28-11-9-25(36)33(41-28)46-17-24-5-4-20(16-39)12-26(24)37/h4-14,31H,15,17-19H2,1-3H3. The van der Waals surface area contributed by atoms with Gasteiger partial charge in [-0.25, -0.2) is 27.9 Å². The second kappa shape index (κ2) is 12.3. The summed E-state index contributed by atoms with van der Waals surface area (Å²) in [6.45, 7) is 4.84. The Kier molecular flexibility index (Phi) is 8.23. The number of imidazole rings is 1. The lowest BCUT2D eigenvalue weighted by molar-refractivity contribution is 0.0601. The Labute approximate surface area is 263 Å². The van der Waals surface area contributed by atoms with Crippen LogP contribution in [0.25, 0.3) is 22.3 Å². The molecule has 3 aromatic carbocycles. The highest BCUT2D eigenvalue weighted by Crippen LogP contribution is 2.40. The van der Waals surface area contributed by atoms with Gasteiger partial charge in [0.1, 0.15) is 24.1 Å². The van der Waals surface area contributed by atoms with Gasteiger partial charge in [-0.15, -0.1) is 0 Å². The van der Waals surface area contributed by atoms with Crippen LogP contribution in [-0.4, -0.2) is 40.8 Å². The van der Waals surface area contributed by atoms with E-state index >= 15 is 4.39 Å². The number of hydrogen-bond donors (Lipinski definition) is 0. The first-order valence-electron chi connectivity index (χ1n) is 14.5. The topological polar surface area (TPSA) is 99.3 Å². The minimum atomic E-state index is -0.761. The van der Waals surface area contributed by atoms with E-state index < -0.39 is 23.4 Å². The van der Waals surface area contributed by atoms with E-state index in [0.29, 0.717) is 41.2 Å². The van der Waals surface area contributed by atoms with E-state index in [1.165, 1.54) is 31.4 Å². The van der Waals surface area contributed by atoms with Crippen molar-refractivity contribution in [3.05, 3.63) is 112 Å². The quantitative estimate of drug-likeness (QED) is 0.172. The summed E-state index contributed by atoms with van der Waals surface area (Å²) in [5, 5.41) is 8.93. The maximum atomic E-state index is 15.7. The molecule has 0 spiro atoms. The predicted molar refractivity (Wildman–Crippen MR) is 163 cm³/mol. The highest BCUT2D eigenvalue weighted by atomic mass is 19.1. The zero-order valence-electron chi connectivity index (χ0n) is 25.3. The highest BCUT2D eigenvalue weighted by Gasteiger charge is 2.39. The number of pyridine rings is 1. The van der Waals surface area contributed by atoms with Crippen LogP contribution in [0.1, 0.15) is 52.8 Å². The van der Waals surface area contributed by atoms with Crippen molar-refractivity contribution in [2.75, 3.05) is 20.3 Å². The first kappa shape index (κ1) is 30.8. The molecule has 1 fully saturated rings. The smallest absolute Gasteiger partial charge is 0.337 e. The molecule has 5 aromatic rings. The van der Waals surface area contributed by atoms with Crippen LogP contribution < -0.4 is 4.74 Å². The molecule has 0 saturated carbocycles. The maximum absolute atomic E-state index is 15.7. The molecule has 11 heteroatoms. The van der Waals surface area contributed by atoms with Gasteiger partial charge in [0.05, 0.1) is 60.3 Å².